The number of anilines is 2. The number of rotatable bonds is 8. The molecule has 0 saturated heterocycles. The lowest BCUT2D eigenvalue weighted by Gasteiger charge is -2.24. The Balaban J connectivity index is 1.77. The normalized spacial score (nSPS) is 12.1. The van der Waals surface area contributed by atoms with Gasteiger partial charge in [0.25, 0.3) is 0 Å². The summed E-state index contributed by atoms with van der Waals surface area (Å²) in [4.78, 5) is 6.26. The van der Waals surface area contributed by atoms with Crippen LogP contribution < -0.4 is 16.0 Å². The molecule has 2 aromatic carbocycles. The molecule has 1 aromatic heterocycles. The summed E-state index contributed by atoms with van der Waals surface area (Å²) in [6.45, 7) is 3.54. The van der Waals surface area contributed by atoms with Crippen LogP contribution >= 0.6 is 0 Å². The number of hydrogen-bond donors (Lipinski definition) is 3. The summed E-state index contributed by atoms with van der Waals surface area (Å²) in [5.41, 5.74) is 8.53. The van der Waals surface area contributed by atoms with Gasteiger partial charge in [0.05, 0.1) is 11.1 Å². The molecule has 1 heterocycles. The van der Waals surface area contributed by atoms with Gasteiger partial charge in [0.2, 0.25) is 0 Å². The number of halogens is 3. The van der Waals surface area contributed by atoms with Gasteiger partial charge in [0.1, 0.15) is 0 Å². The van der Waals surface area contributed by atoms with Gasteiger partial charge in [-0.15, -0.1) is 0 Å². The molecule has 0 aliphatic rings. The number of nitrogens with zero attached hydrogens (tertiary/aromatic N) is 2. The molecular formula is C23H24F3N5. The quantitative estimate of drug-likeness (QED) is 0.435. The fourth-order valence-corrected chi connectivity index (χ4v) is 3.38. The van der Waals surface area contributed by atoms with Gasteiger partial charge >= 0.3 is 6.18 Å². The van der Waals surface area contributed by atoms with Crippen molar-refractivity contribution in [2.75, 3.05) is 29.9 Å². The van der Waals surface area contributed by atoms with Crippen LogP contribution in [0.3, 0.4) is 0 Å². The van der Waals surface area contributed by atoms with Crippen molar-refractivity contribution in [1.29, 1.82) is 5.41 Å². The highest BCUT2D eigenvalue weighted by molar-refractivity contribution is 6.09. The number of benzene rings is 2. The summed E-state index contributed by atoms with van der Waals surface area (Å²) in [6.07, 6.45) is -0.0929. The maximum Gasteiger partial charge on any atom is 0.416 e. The first-order valence-electron chi connectivity index (χ1n) is 9.85. The minimum Gasteiger partial charge on any atom is -0.404 e. The second-order valence-corrected chi connectivity index (χ2v) is 6.91. The maximum atomic E-state index is 13.0. The molecule has 0 aliphatic heterocycles. The van der Waals surface area contributed by atoms with Gasteiger partial charge < -0.3 is 21.4 Å². The molecule has 31 heavy (non-hydrogen) atoms. The van der Waals surface area contributed by atoms with Crippen molar-refractivity contribution in [3.8, 4) is 0 Å². The maximum absolute atomic E-state index is 13.0. The summed E-state index contributed by atoms with van der Waals surface area (Å²) in [7, 11) is 0. The van der Waals surface area contributed by atoms with Crippen molar-refractivity contribution in [3.63, 3.8) is 0 Å². The third-order valence-corrected chi connectivity index (χ3v) is 5.03. The van der Waals surface area contributed by atoms with Gasteiger partial charge in [-0.1, -0.05) is 12.1 Å². The zero-order valence-corrected chi connectivity index (χ0v) is 17.1. The Morgan fingerprint density at radius 3 is 2.68 bits per heavy atom. The van der Waals surface area contributed by atoms with Crippen LogP contribution in [-0.4, -0.2) is 30.8 Å². The first-order valence-corrected chi connectivity index (χ1v) is 9.85. The van der Waals surface area contributed by atoms with Crippen LogP contribution in [0.15, 0.2) is 60.9 Å². The monoisotopic (exact) mass is 427 g/mol. The predicted molar refractivity (Wildman–Crippen MR) is 121 cm³/mol. The number of fused-ring (bicyclic) bond motifs is 1. The Morgan fingerprint density at radius 1 is 1.19 bits per heavy atom. The molecule has 3 aromatic rings. The van der Waals surface area contributed by atoms with Crippen molar-refractivity contribution in [2.45, 2.75) is 13.1 Å². The molecule has 0 unspecified atom stereocenters. The molecule has 0 spiro atoms. The largest absolute Gasteiger partial charge is 0.416 e. The highest BCUT2D eigenvalue weighted by atomic mass is 19.4. The van der Waals surface area contributed by atoms with E-state index in [1.165, 1.54) is 24.5 Å². The van der Waals surface area contributed by atoms with E-state index in [9.17, 15) is 13.2 Å². The summed E-state index contributed by atoms with van der Waals surface area (Å²) in [5, 5.41) is 11.7. The van der Waals surface area contributed by atoms with E-state index in [1.54, 1.807) is 12.3 Å². The van der Waals surface area contributed by atoms with Crippen molar-refractivity contribution < 1.29 is 13.2 Å². The standard InChI is InChI=1S/C23H24F3N5/c1-2-31(19-5-3-4-18(13-19)23(24,25)26)11-10-30-22-8-9-29-21-7-6-16(12-20(21)22)17(14-27)15-28/h3-9,12-15,27H,2,10-11,28H2,1H3,(H,29,30). The molecule has 0 radical (unpaired) electrons. The lowest BCUT2D eigenvalue weighted by Crippen LogP contribution is -2.29. The smallest absolute Gasteiger partial charge is 0.404 e. The lowest BCUT2D eigenvalue weighted by atomic mass is 10.0. The number of aromatic nitrogens is 1. The minimum atomic E-state index is -4.37. The number of likely N-dealkylation sites (N-methyl/N-ethyl adjacent to an activating group) is 1. The van der Waals surface area contributed by atoms with Gasteiger partial charge in [0.15, 0.2) is 0 Å². The van der Waals surface area contributed by atoms with E-state index < -0.39 is 11.7 Å². The van der Waals surface area contributed by atoms with Crippen LogP contribution in [-0.2, 0) is 6.18 Å². The predicted octanol–water partition coefficient (Wildman–Crippen LogP) is 5.14. The molecule has 0 fully saturated rings. The number of alkyl halides is 3. The molecule has 0 bridgehead atoms. The van der Waals surface area contributed by atoms with Gasteiger partial charge in [-0.3, -0.25) is 4.98 Å². The summed E-state index contributed by atoms with van der Waals surface area (Å²) < 4.78 is 39.1. The highest BCUT2D eigenvalue weighted by Crippen LogP contribution is 2.31. The molecule has 0 amide bonds. The van der Waals surface area contributed by atoms with Gasteiger partial charge in [0, 0.05) is 60.6 Å². The molecule has 4 N–H and O–H groups in total. The van der Waals surface area contributed by atoms with Crippen LogP contribution in [0.2, 0.25) is 0 Å². The van der Waals surface area contributed by atoms with Crippen molar-refractivity contribution in [2.24, 2.45) is 5.73 Å². The van der Waals surface area contributed by atoms with E-state index in [2.05, 4.69) is 10.3 Å². The number of allylic oxidation sites excluding steroid dienone is 1. The average Bonchev–Trinajstić information content (AvgIpc) is 2.77. The fourth-order valence-electron chi connectivity index (χ4n) is 3.38. The minimum absolute atomic E-state index is 0.524. The summed E-state index contributed by atoms with van der Waals surface area (Å²) in [5.74, 6) is 0. The fraction of sp³-hybridized carbons (Fsp3) is 0.217. The van der Waals surface area contributed by atoms with E-state index in [-0.39, 0.29) is 0 Å². The number of nitrogens with two attached hydrogens (primary N) is 1. The highest BCUT2D eigenvalue weighted by Gasteiger charge is 2.30. The second-order valence-electron chi connectivity index (χ2n) is 6.91. The van der Waals surface area contributed by atoms with E-state index >= 15 is 0 Å². The first kappa shape index (κ1) is 22.1. The van der Waals surface area contributed by atoms with E-state index in [4.69, 9.17) is 11.1 Å². The number of pyridine rings is 1. The van der Waals surface area contributed by atoms with Gasteiger partial charge in [-0.25, -0.2) is 0 Å². The van der Waals surface area contributed by atoms with Crippen LogP contribution in [0.5, 0.6) is 0 Å². The van der Waals surface area contributed by atoms with E-state index in [1.807, 2.05) is 36.1 Å². The van der Waals surface area contributed by atoms with Crippen molar-refractivity contribution >= 4 is 34.1 Å². The third kappa shape index (κ3) is 5.14. The SMILES string of the molecule is CCN(CCNc1ccnc2ccc(C(C=N)=CN)cc12)c1cccc(C(F)(F)F)c1. The molecule has 8 heteroatoms. The molecule has 5 nitrogen and oxygen atoms in total. The van der Waals surface area contributed by atoms with Crippen LogP contribution in [0, 0.1) is 5.41 Å². The average molecular weight is 427 g/mol. The molecular weight excluding hydrogens is 403 g/mol. The van der Waals surface area contributed by atoms with E-state index in [0.717, 1.165) is 28.2 Å². The van der Waals surface area contributed by atoms with Crippen molar-refractivity contribution in [3.05, 3.63) is 72.1 Å². The topological polar surface area (TPSA) is 78.0 Å². The Morgan fingerprint density at radius 2 is 2.00 bits per heavy atom. The molecule has 0 saturated carbocycles. The van der Waals surface area contributed by atoms with Gasteiger partial charge in [-0.05, 0) is 48.9 Å². The van der Waals surface area contributed by atoms with Crippen molar-refractivity contribution in [1.82, 2.24) is 4.98 Å². The van der Waals surface area contributed by atoms with Crippen LogP contribution in [0.25, 0.3) is 16.5 Å². The Labute approximate surface area is 178 Å². The van der Waals surface area contributed by atoms with Crippen LogP contribution in [0.1, 0.15) is 18.1 Å². The number of nitrogens with one attached hydrogen (secondary N) is 2. The lowest BCUT2D eigenvalue weighted by molar-refractivity contribution is -0.137. The summed E-state index contributed by atoms with van der Waals surface area (Å²) >= 11 is 0. The zero-order valence-electron chi connectivity index (χ0n) is 17.1. The molecule has 0 aliphatic carbocycles. The Hall–Kier alpha value is -3.55. The van der Waals surface area contributed by atoms with E-state index in [0.29, 0.717) is 30.9 Å². The zero-order chi connectivity index (χ0) is 22.4. The molecule has 0 atom stereocenters. The first-order chi connectivity index (χ1) is 14.9. The molecule has 3 rings (SSSR count). The Kier molecular flexibility index (Phi) is 6.79. The Bertz CT molecular complexity index is 1090. The van der Waals surface area contributed by atoms with Gasteiger partial charge in [-0.2, -0.15) is 13.2 Å². The second kappa shape index (κ2) is 9.51. The number of hydrogen-bond acceptors (Lipinski definition) is 5. The molecule has 162 valence electrons. The summed E-state index contributed by atoms with van der Waals surface area (Å²) in [6, 6.07) is 12.9. The van der Waals surface area contributed by atoms with Crippen LogP contribution in [0.4, 0.5) is 24.5 Å². The third-order valence-electron chi connectivity index (χ3n) is 5.03.